The van der Waals surface area contributed by atoms with Gasteiger partial charge in [0.15, 0.2) is 0 Å². The van der Waals surface area contributed by atoms with E-state index in [1.165, 1.54) is 12.8 Å². The predicted octanol–water partition coefficient (Wildman–Crippen LogP) is 2.40. The Morgan fingerprint density at radius 2 is 2.17 bits per heavy atom. The average molecular weight is 329 g/mol. The van der Waals surface area contributed by atoms with E-state index in [2.05, 4.69) is 22.9 Å². The second-order valence-corrected chi connectivity index (χ2v) is 7.15. The summed E-state index contributed by atoms with van der Waals surface area (Å²) in [4.78, 5) is 24.3. The van der Waals surface area contributed by atoms with Crippen molar-refractivity contribution in [3.05, 3.63) is 29.8 Å². The van der Waals surface area contributed by atoms with Gasteiger partial charge in [0.25, 0.3) is 5.91 Å². The monoisotopic (exact) mass is 329 g/mol. The number of piperidine rings is 1. The van der Waals surface area contributed by atoms with E-state index in [-0.39, 0.29) is 17.7 Å². The van der Waals surface area contributed by atoms with Crippen molar-refractivity contribution in [1.29, 1.82) is 0 Å². The van der Waals surface area contributed by atoms with Crippen LogP contribution in [0.4, 0.5) is 5.69 Å². The molecule has 3 N–H and O–H groups in total. The van der Waals surface area contributed by atoms with Crippen molar-refractivity contribution in [3.63, 3.8) is 0 Å². The maximum absolute atomic E-state index is 12.3. The Morgan fingerprint density at radius 1 is 1.33 bits per heavy atom. The smallest absolute Gasteiger partial charge is 0.251 e. The van der Waals surface area contributed by atoms with Gasteiger partial charge in [-0.15, -0.1) is 0 Å². The standard InChI is InChI=1S/C19H27N3O2/c1-13-10-17(13)19(24)22-16-6-2-5-15(11-16)18(23)21-9-7-14-4-3-8-20-12-14/h2,5-6,11,13-14,17,20H,3-4,7-10,12H2,1H3,(H,21,23)(H,22,24). The van der Waals surface area contributed by atoms with Crippen LogP contribution in [0.1, 0.15) is 43.0 Å². The molecule has 1 aliphatic heterocycles. The molecular formula is C19H27N3O2. The van der Waals surface area contributed by atoms with Crippen LogP contribution in [-0.2, 0) is 4.79 Å². The molecule has 5 heteroatoms. The fraction of sp³-hybridized carbons (Fsp3) is 0.579. The summed E-state index contributed by atoms with van der Waals surface area (Å²) in [6, 6.07) is 7.18. The zero-order valence-corrected chi connectivity index (χ0v) is 14.3. The summed E-state index contributed by atoms with van der Waals surface area (Å²) in [6.07, 6.45) is 4.43. The topological polar surface area (TPSA) is 70.2 Å². The van der Waals surface area contributed by atoms with Gasteiger partial charge in [-0.25, -0.2) is 0 Å². The van der Waals surface area contributed by atoms with Gasteiger partial charge in [0.1, 0.15) is 0 Å². The third kappa shape index (κ3) is 4.57. The quantitative estimate of drug-likeness (QED) is 0.750. The lowest BCUT2D eigenvalue weighted by molar-refractivity contribution is -0.117. The van der Waals surface area contributed by atoms with Gasteiger partial charge in [-0.1, -0.05) is 13.0 Å². The molecular weight excluding hydrogens is 302 g/mol. The maximum Gasteiger partial charge on any atom is 0.251 e. The highest BCUT2D eigenvalue weighted by molar-refractivity contribution is 5.98. The number of amides is 2. The minimum atomic E-state index is -0.0744. The Hall–Kier alpha value is -1.88. The fourth-order valence-corrected chi connectivity index (χ4v) is 3.32. The van der Waals surface area contributed by atoms with Crippen LogP contribution in [0.15, 0.2) is 24.3 Å². The van der Waals surface area contributed by atoms with Gasteiger partial charge in [0, 0.05) is 23.7 Å². The summed E-state index contributed by atoms with van der Waals surface area (Å²) >= 11 is 0. The normalized spacial score (nSPS) is 25.8. The number of hydrogen-bond donors (Lipinski definition) is 3. The number of carbonyl (C=O) groups is 2. The van der Waals surface area contributed by atoms with Crippen molar-refractivity contribution < 1.29 is 9.59 Å². The van der Waals surface area contributed by atoms with Crippen LogP contribution in [0.5, 0.6) is 0 Å². The molecule has 3 atom stereocenters. The second kappa shape index (κ2) is 7.79. The van der Waals surface area contributed by atoms with Crippen molar-refractivity contribution in [2.45, 2.75) is 32.6 Å². The lowest BCUT2D eigenvalue weighted by Gasteiger charge is -2.22. The van der Waals surface area contributed by atoms with E-state index in [0.29, 0.717) is 29.6 Å². The maximum atomic E-state index is 12.3. The summed E-state index contributed by atoms with van der Waals surface area (Å²) in [6.45, 7) is 4.94. The first-order valence-electron chi connectivity index (χ1n) is 9.03. The van der Waals surface area contributed by atoms with Crippen LogP contribution in [0.3, 0.4) is 0 Å². The van der Waals surface area contributed by atoms with E-state index in [1.54, 1.807) is 12.1 Å². The van der Waals surface area contributed by atoms with Crippen molar-refractivity contribution >= 4 is 17.5 Å². The van der Waals surface area contributed by atoms with Crippen LogP contribution >= 0.6 is 0 Å². The molecule has 0 radical (unpaired) electrons. The molecule has 0 bridgehead atoms. The summed E-state index contributed by atoms with van der Waals surface area (Å²) in [7, 11) is 0. The summed E-state index contributed by atoms with van der Waals surface area (Å²) in [5.41, 5.74) is 1.29. The van der Waals surface area contributed by atoms with E-state index in [0.717, 1.165) is 25.9 Å². The molecule has 2 fully saturated rings. The highest BCUT2D eigenvalue weighted by Gasteiger charge is 2.39. The van der Waals surface area contributed by atoms with Gasteiger partial charge in [0.2, 0.25) is 5.91 Å². The highest BCUT2D eigenvalue weighted by Crippen LogP contribution is 2.38. The predicted molar refractivity (Wildman–Crippen MR) is 94.9 cm³/mol. The van der Waals surface area contributed by atoms with Crippen molar-refractivity contribution in [2.75, 3.05) is 25.0 Å². The van der Waals surface area contributed by atoms with E-state index >= 15 is 0 Å². The SMILES string of the molecule is CC1CC1C(=O)Nc1cccc(C(=O)NCCC2CCCNC2)c1. The lowest BCUT2D eigenvalue weighted by atomic mass is 9.96. The van der Waals surface area contributed by atoms with Gasteiger partial charge in [-0.2, -0.15) is 0 Å². The minimum absolute atomic E-state index is 0.0601. The Labute approximate surface area is 143 Å². The molecule has 0 spiro atoms. The third-order valence-corrected chi connectivity index (χ3v) is 5.08. The lowest BCUT2D eigenvalue weighted by Crippen LogP contribution is -2.33. The molecule has 1 aliphatic carbocycles. The molecule has 1 saturated carbocycles. The Balaban J connectivity index is 1.47. The second-order valence-electron chi connectivity index (χ2n) is 7.15. The van der Waals surface area contributed by atoms with Crippen molar-refractivity contribution in [1.82, 2.24) is 10.6 Å². The molecule has 1 aromatic rings. The van der Waals surface area contributed by atoms with Gasteiger partial charge in [-0.3, -0.25) is 9.59 Å². The zero-order valence-electron chi connectivity index (χ0n) is 14.3. The molecule has 0 aromatic heterocycles. The summed E-state index contributed by atoms with van der Waals surface area (Å²) in [5, 5.41) is 9.29. The number of nitrogens with one attached hydrogen (secondary N) is 3. The van der Waals surface area contributed by atoms with Gasteiger partial charge < -0.3 is 16.0 Å². The summed E-state index contributed by atoms with van der Waals surface area (Å²) in [5.74, 6) is 1.25. The number of carbonyl (C=O) groups excluding carboxylic acids is 2. The number of anilines is 1. The molecule has 130 valence electrons. The van der Waals surface area contributed by atoms with Crippen molar-refractivity contribution in [3.8, 4) is 0 Å². The van der Waals surface area contributed by atoms with Crippen molar-refractivity contribution in [2.24, 2.45) is 17.8 Å². The number of rotatable bonds is 6. The molecule has 1 aromatic carbocycles. The van der Waals surface area contributed by atoms with Crippen LogP contribution in [-0.4, -0.2) is 31.4 Å². The molecule has 1 saturated heterocycles. The zero-order chi connectivity index (χ0) is 16.9. The van der Waals surface area contributed by atoms with Crippen LogP contribution in [0.2, 0.25) is 0 Å². The average Bonchev–Trinajstić information content (AvgIpc) is 3.33. The van der Waals surface area contributed by atoms with E-state index < -0.39 is 0 Å². The largest absolute Gasteiger partial charge is 0.352 e. The van der Waals surface area contributed by atoms with E-state index in [4.69, 9.17) is 0 Å². The molecule has 1 heterocycles. The first-order valence-corrected chi connectivity index (χ1v) is 9.03. The number of hydrogen-bond acceptors (Lipinski definition) is 3. The van der Waals surface area contributed by atoms with Gasteiger partial charge in [0.05, 0.1) is 0 Å². The van der Waals surface area contributed by atoms with Crippen LogP contribution in [0.25, 0.3) is 0 Å². The Morgan fingerprint density at radius 3 is 2.88 bits per heavy atom. The van der Waals surface area contributed by atoms with E-state index in [1.807, 2.05) is 12.1 Å². The first-order chi connectivity index (χ1) is 11.6. The third-order valence-electron chi connectivity index (χ3n) is 5.08. The molecule has 2 amide bonds. The van der Waals surface area contributed by atoms with E-state index in [9.17, 15) is 9.59 Å². The van der Waals surface area contributed by atoms with Gasteiger partial charge in [-0.05, 0) is 68.8 Å². The minimum Gasteiger partial charge on any atom is -0.352 e. The fourth-order valence-electron chi connectivity index (χ4n) is 3.32. The summed E-state index contributed by atoms with van der Waals surface area (Å²) < 4.78 is 0. The van der Waals surface area contributed by atoms with Gasteiger partial charge >= 0.3 is 0 Å². The first kappa shape index (κ1) is 17.0. The molecule has 5 nitrogen and oxygen atoms in total. The number of benzene rings is 1. The molecule has 3 rings (SSSR count). The Bertz CT molecular complexity index is 596. The Kier molecular flexibility index (Phi) is 5.51. The van der Waals surface area contributed by atoms with Crippen LogP contribution < -0.4 is 16.0 Å². The highest BCUT2D eigenvalue weighted by atomic mass is 16.2. The molecule has 24 heavy (non-hydrogen) atoms. The molecule has 2 aliphatic rings. The van der Waals surface area contributed by atoms with Crippen LogP contribution in [0, 0.1) is 17.8 Å². The molecule has 3 unspecified atom stereocenters.